The number of hydrogen-bond acceptors (Lipinski definition) is 5. The molecular formula is C23H19Cl2F4N3O3. The summed E-state index contributed by atoms with van der Waals surface area (Å²) in [5, 5.41) is 2.61. The number of aromatic nitrogens is 1. The van der Waals surface area contributed by atoms with Crippen LogP contribution in [0.5, 0.6) is 0 Å². The number of halogens is 6. The molecule has 0 bridgehead atoms. The topological polar surface area (TPSA) is 64.0 Å². The number of amides is 1. The zero-order chi connectivity index (χ0) is 25.3. The molecule has 35 heavy (non-hydrogen) atoms. The van der Waals surface area contributed by atoms with Crippen LogP contribution in [0, 0.1) is 11.7 Å². The molecule has 0 aliphatic carbocycles. The highest BCUT2D eigenvalue weighted by Gasteiger charge is 2.62. The molecule has 12 heteroatoms. The highest BCUT2D eigenvalue weighted by atomic mass is 35.5. The van der Waals surface area contributed by atoms with Crippen molar-refractivity contribution >= 4 is 34.8 Å². The number of rotatable bonds is 3. The normalized spacial score (nSPS) is 22.8. The van der Waals surface area contributed by atoms with Crippen LogP contribution in [0.4, 0.5) is 17.6 Å². The van der Waals surface area contributed by atoms with E-state index in [1.807, 2.05) is 13.8 Å². The molecule has 0 radical (unpaired) electrons. The van der Waals surface area contributed by atoms with Crippen molar-refractivity contribution in [2.75, 3.05) is 13.1 Å². The smallest absolute Gasteiger partial charge is 0.374 e. The third-order valence-electron chi connectivity index (χ3n) is 6.57. The predicted molar refractivity (Wildman–Crippen MR) is 119 cm³/mol. The summed E-state index contributed by atoms with van der Waals surface area (Å²) in [6, 6.07) is 3.35. The minimum atomic E-state index is -4.90. The average molecular weight is 532 g/mol. The van der Waals surface area contributed by atoms with Gasteiger partial charge in [-0.2, -0.15) is 13.2 Å². The average Bonchev–Trinajstić information content (AvgIpc) is 3.38. The summed E-state index contributed by atoms with van der Waals surface area (Å²) in [4.78, 5) is 23.4. The molecule has 1 spiro atoms. The van der Waals surface area contributed by atoms with Crippen molar-refractivity contribution in [2.24, 2.45) is 11.1 Å². The zero-order valence-electron chi connectivity index (χ0n) is 18.5. The van der Waals surface area contributed by atoms with Crippen molar-refractivity contribution in [2.45, 2.75) is 44.3 Å². The van der Waals surface area contributed by atoms with E-state index in [4.69, 9.17) is 32.8 Å². The van der Waals surface area contributed by atoms with Gasteiger partial charge in [-0.15, -0.1) is 0 Å². The highest BCUT2D eigenvalue weighted by Crippen LogP contribution is 2.50. The number of carbonyl (C=O) groups is 1. The second-order valence-corrected chi connectivity index (χ2v) is 10.1. The first-order valence-electron chi connectivity index (χ1n) is 10.8. The van der Waals surface area contributed by atoms with E-state index in [1.165, 1.54) is 6.20 Å². The first-order chi connectivity index (χ1) is 16.4. The fourth-order valence-corrected chi connectivity index (χ4v) is 5.14. The number of fused-ring (bicyclic) bond motifs is 2. The molecule has 1 unspecified atom stereocenters. The lowest BCUT2D eigenvalue weighted by atomic mass is 9.85. The molecule has 1 saturated heterocycles. The Morgan fingerprint density at radius 2 is 1.83 bits per heavy atom. The van der Waals surface area contributed by atoms with Gasteiger partial charge in [0.15, 0.2) is 5.82 Å². The second-order valence-electron chi connectivity index (χ2n) is 9.25. The molecule has 1 amide bonds. The lowest BCUT2D eigenvalue weighted by Crippen LogP contribution is -2.62. The monoisotopic (exact) mass is 531 g/mol. The molecule has 6 nitrogen and oxygen atoms in total. The lowest BCUT2D eigenvalue weighted by molar-refractivity contribution is -0.275. The minimum Gasteiger partial charge on any atom is -0.374 e. The Morgan fingerprint density at radius 1 is 1.17 bits per heavy atom. The molecule has 4 heterocycles. The standard InChI is InChI=1S/C23H19Cl2F4N3O3/c1-11(2)20(33)32-9-21(10-32)19-13(8-34-21)3-12(7-30-19)17-6-22(35-31-17,23(27,28)29)14-4-15(24)18(26)16(25)5-14/h3-5,7,11H,6,8-10H2,1-2H3. The van der Waals surface area contributed by atoms with Crippen molar-refractivity contribution in [1.82, 2.24) is 9.88 Å². The number of benzene rings is 1. The van der Waals surface area contributed by atoms with Crippen molar-refractivity contribution < 1.29 is 31.9 Å². The van der Waals surface area contributed by atoms with E-state index in [-0.39, 0.29) is 24.1 Å². The zero-order valence-corrected chi connectivity index (χ0v) is 20.1. The quantitative estimate of drug-likeness (QED) is 0.396. The van der Waals surface area contributed by atoms with Crippen LogP contribution in [0.25, 0.3) is 0 Å². The van der Waals surface area contributed by atoms with Gasteiger partial charge in [0.2, 0.25) is 5.91 Å². The Bertz CT molecular complexity index is 1240. The molecule has 1 atom stereocenters. The number of carbonyl (C=O) groups excluding carboxylic acids is 1. The van der Waals surface area contributed by atoms with Crippen molar-refractivity contribution in [1.29, 1.82) is 0 Å². The number of ether oxygens (including phenoxy) is 1. The molecular weight excluding hydrogens is 513 g/mol. The van der Waals surface area contributed by atoms with Crippen molar-refractivity contribution in [3.63, 3.8) is 0 Å². The summed E-state index contributed by atoms with van der Waals surface area (Å²) in [5.74, 6) is -1.13. The summed E-state index contributed by atoms with van der Waals surface area (Å²) in [5.41, 5.74) is -2.33. The van der Waals surface area contributed by atoms with Gasteiger partial charge in [-0.25, -0.2) is 4.39 Å². The summed E-state index contributed by atoms with van der Waals surface area (Å²) in [6.07, 6.45) is -4.17. The lowest BCUT2D eigenvalue weighted by Gasteiger charge is -2.47. The van der Waals surface area contributed by atoms with Gasteiger partial charge in [-0.1, -0.05) is 42.2 Å². The first kappa shape index (κ1) is 24.3. The van der Waals surface area contributed by atoms with Crippen LogP contribution in [0.15, 0.2) is 29.6 Å². The van der Waals surface area contributed by atoms with E-state index >= 15 is 0 Å². The molecule has 1 aromatic heterocycles. The summed E-state index contributed by atoms with van der Waals surface area (Å²) in [7, 11) is 0. The largest absolute Gasteiger partial charge is 0.435 e. The fourth-order valence-electron chi connectivity index (χ4n) is 4.65. The summed E-state index contributed by atoms with van der Waals surface area (Å²) in [6.45, 7) is 4.59. The number of alkyl halides is 3. The van der Waals surface area contributed by atoms with Crippen LogP contribution in [0.3, 0.4) is 0 Å². The first-order valence-corrected chi connectivity index (χ1v) is 11.5. The van der Waals surface area contributed by atoms with Crippen LogP contribution in [0.2, 0.25) is 10.0 Å². The number of hydrogen-bond donors (Lipinski definition) is 0. The number of likely N-dealkylation sites (tertiary alicyclic amines) is 1. The maximum absolute atomic E-state index is 14.2. The number of nitrogens with zero attached hydrogens (tertiary/aromatic N) is 3. The molecule has 0 N–H and O–H groups in total. The molecule has 3 aliphatic rings. The van der Waals surface area contributed by atoms with E-state index in [9.17, 15) is 22.4 Å². The van der Waals surface area contributed by atoms with E-state index in [2.05, 4.69) is 10.1 Å². The maximum atomic E-state index is 14.2. The Labute approximate surface area is 207 Å². The van der Waals surface area contributed by atoms with Crippen LogP contribution in [0.1, 0.15) is 42.7 Å². The van der Waals surface area contributed by atoms with Gasteiger partial charge in [0.1, 0.15) is 5.60 Å². The Balaban J connectivity index is 1.42. The van der Waals surface area contributed by atoms with Gasteiger partial charge in [0, 0.05) is 28.8 Å². The third kappa shape index (κ3) is 3.68. The Hall–Kier alpha value is -2.43. The van der Waals surface area contributed by atoms with Crippen molar-refractivity contribution in [3.05, 3.63) is 62.6 Å². The van der Waals surface area contributed by atoms with Crippen LogP contribution in [-0.2, 0) is 32.2 Å². The van der Waals surface area contributed by atoms with E-state index in [0.29, 0.717) is 29.9 Å². The highest BCUT2D eigenvalue weighted by molar-refractivity contribution is 6.35. The predicted octanol–water partition coefficient (Wildman–Crippen LogP) is 5.33. The molecule has 3 aliphatic heterocycles. The number of pyridine rings is 1. The van der Waals surface area contributed by atoms with E-state index in [1.54, 1.807) is 11.0 Å². The van der Waals surface area contributed by atoms with Gasteiger partial charge >= 0.3 is 6.18 Å². The summed E-state index contributed by atoms with van der Waals surface area (Å²) >= 11 is 11.5. The van der Waals surface area contributed by atoms with Crippen LogP contribution >= 0.6 is 23.2 Å². The molecule has 2 aromatic rings. The molecule has 0 saturated carbocycles. The summed E-state index contributed by atoms with van der Waals surface area (Å²) < 4.78 is 62.5. The van der Waals surface area contributed by atoms with Crippen molar-refractivity contribution in [3.8, 4) is 0 Å². The minimum absolute atomic E-state index is 0.0142. The van der Waals surface area contributed by atoms with Gasteiger partial charge in [-0.3, -0.25) is 9.78 Å². The van der Waals surface area contributed by atoms with Gasteiger partial charge in [0.25, 0.3) is 5.60 Å². The maximum Gasteiger partial charge on any atom is 0.435 e. The van der Waals surface area contributed by atoms with Crippen LogP contribution in [-0.4, -0.2) is 40.8 Å². The van der Waals surface area contributed by atoms with E-state index in [0.717, 1.165) is 12.1 Å². The second kappa shape index (κ2) is 8.04. The fraction of sp³-hybridized carbons (Fsp3) is 0.435. The third-order valence-corrected chi connectivity index (χ3v) is 7.12. The van der Waals surface area contributed by atoms with Crippen LogP contribution < -0.4 is 0 Å². The molecule has 1 fully saturated rings. The number of oxime groups is 1. The Kier molecular flexibility index (Phi) is 5.58. The van der Waals surface area contributed by atoms with Gasteiger partial charge < -0.3 is 14.5 Å². The van der Waals surface area contributed by atoms with E-state index < -0.39 is 45.2 Å². The molecule has 186 valence electrons. The SMILES string of the molecule is CC(C)C(=O)N1CC2(C1)OCc1cc(C3=NOC(c4cc(Cl)c(F)c(Cl)c4)(C(F)(F)F)C3)cnc12. The van der Waals surface area contributed by atoms with Gasteiger partial charge in [-0.05, 0) is 18.2 Å². The Morgan fingerprint density at radius 3 is 2.43 bits per heavy atom. The molecule has 5 rings (SSSR count). The van der Waals surface area contributed by atoms with Gasteiger partial charge in [0.05, 0.1) is 47.6 Å². The molecule has 1 aromatic carbocycles.